The van der Waals surface area contributed by atoms with E-state index in [9.17, 15) is 9.59 Å². The van der Waals surface area contributed by atoms with Crippen LogP contribution in [-0.2, 0) is 4.79 Å². The maximum absolute atomic E-state index is 13.1. The van der Waals surface area contributed by atoms with Gasteiger partial charge in [0.2, 0.25) is 5.75 Å². The van der Waals surface area contributed by atoms with Gasteiger partial charge in [0.05, 0.1) is 32.9 Å². The molecule has 0 bridgehead atoms. The minimum absolute atomic E-state index is 0.346. The van der Waals surface area contributed by atoms with Gasteiger partial charge in [0.1, 0.15) is 0 Å². The molecule has 2 aromatic rings. The third-order valence-corrected chi connectivity index (χ3v) is 5.16. The maximum atomic E-state index is 13.1. The Morgan fingerprint density at radius 1 is 1.03 bits per heavy atom. The predicted molar refractivity (Wildman–Crippen MR) is 116 cm³/mol. The van der Waals surface area contributed by atoms with Crippen LogP contribution in [0.5, 0.6) is 17.2 Å². The maximum Gasteiger partial charge on any atom is 0.319 e. The first kappa shape index (κ1) is 21.5. The van der Waals surface area contributed by atoms with Crippen LogP contribution in [0.1, 0.15) is 18.5 Å². The Morgan fingerprint density at radius 3 is 2.17 bits per heavy atom. The quantitative estimate of drug-likeness (QED) is 0.590. The van der Waals surface area contributed by atoms with Crippen LogP contribution < -0.4 is 30.2 Å². The summed E-state index contributed by atoms with van der Waals surface area (Å²) in [6, 6.07) is 9.50. The average Bonchev–Trinajstić information content (AvgIpc) is 2.73. The number of methoxy groups -OCH3 is 3. The minimum atomic E-state index is -0.720. The molecule has 3 amide bonds. The van der Waals surface area contributed by atoms with E-state index in [4.69, 9.17) is 14.2 Å². The first-order chi connectivity index (χ1) is 14.4. The van der Waals surface area contributed by atoms with E-state index in [1.807, 2.05) is 12.1 Å². The van der Waals surface area contributed by atoms with Crippen molar-refractivity contribution >= 4 is 33.6 Å². The molecule has 0 unspecified atom stereocenters. The standard InChI is InChI=1S/C21H22BrN3O5/c1-11-17(20(26)24-14-7-5-13(22)6-8-14)18(25-21(27)23-11)12-9-15(28-2)19(30-4)16(10-12)29-3/h5-10,18H,1-4H3,(H,24,26)(H2,23,25,27)/t18-/m0/s1. The lowest BCUT2D eigenvalue weighted by atomic mass is 9.94. The van der Waals surface area contributed by atoms with Crippen LogP contribution in [0, 0.1) is 0 Å². The van der Waals surface area contributed by atoms with Crippen molar-refractivity contribution in [1.82, 2.24) is 10.6 Å². The van der Waals surface area contributed by atoms with E-state index in [-0.39, 0.29) is 5.91 Å². The minimum Gasteiger partial charge on any atom is -0.493 e. The van der Waals surface area contributed by atoms with Gasteiger partial charge in [-0.15, -0.1) is 0 Å². The number of hydrogen-bond donors (Lipinski definition) is 3. The zero-order valence-corrected chi connectivity index (χ0v) is 18.5. The molecule has 0 aliphatic carbocycles. The molecule has 0 spiro atoms. The number of carbonyl (C=O) groups excluding carboxylic acids is 2. The van der Waals surface area contributed by atoms with Gasteiger partial charge < -0.3 is 30.2 Å². The summed E-state index contributed by atoms with van der Waals surface area (Å²) >= 11 is 3.37. The first-order valence-corrected chi connectivity index (χ1v) is 9.82. The monoisotopic (exact) mass is 475 g/mol. The molecule has 9 heteroatoms. The molecule has 2 aromatic carbocycles. The molecule has 1 atom stereocenters. The Hall–Kier alpha value is -3.20. The zero-order valence-electron chi connectivity index (χ0n) is 17.0. The lowest BCUT2D eigenvalue weighted by Gasteiger charge is -2.29. The molecule has 1 aliphatic heterocycles. The summed E-state index contributed by atoms with van der Waals surface area (Å²) in [5.41, 5.74) is 2.06. The number of anilines is 1. The van der Waals surface area contributed by atoms with Crippen LogP contribution in [0.15, 0.2) is 52.1 Å². The van der Waals surface area contributed by atoms with E-state index in [0.717, 1.165) is 4.47 Å². The molecule has 158 valence electrons. The number of carbonyl (C=O) groups is 2. The Kier molecular flexibility index (Phi) is 6.51. The third kappa shape index (κ3) is 4.35. The van der Waals surface area contributed by atoms with Crippen molar-refractivity contribution in [3.8, 4) is 17.2 Å². The molecule has 0 saturated heterocycles. The van der Waals surface area contributed by atoms with E-state index in [1.165, 1.54) is 21.3 Å². The van der Waals surface area contributed by atoms with Crippen LogP contribution >= 0.6 is 15.9 Å². The van der Waals surface area contributed by atoms with E-state index in [1.54, 1.807) is 31.2 Å². The largest absolute Gasteiger partial charge is 0.493 e. The molecule has 8 nitrogen and oxygen atoms in total. The summed E-state index contributed by atoms with van der Waals surface area (Å²) in [7, 11) is 4.52. The normalized spacial score (nSPS) is 15.8. The van der Waals surface area contributed by atoms with Crippen molar-refractivity contribution in [2.24, 2.45) is 0 Å². The van der Waals surface area contributed by atoms with Crippen molar-refractivity contribution < 1.29 is 23.8 Å². The summed E-state index contributed by atoms with van der Waals surface area (Å²) < 4.78 is 17.1. The number of amides is 3. The second-order valence-electron chi connectivity index (χ2n) is 6.49. The van der Waals surface area contributed by atoms with Gasteiger partial charge in [0.15, 0.2) is 11.5 Å². The van der Waals surface area contributed by atoms with E-state index >= 15 is 0 Å². The summed E-state index contributed by atoms with van der Waals surface area (Å²) in [5.74, 6) is 0.918. The summed E-state index contributed by atoms with van der Waals surface area (Å²) in [5, 5.41) is 8.33. The van der Waals surface area contributed by atoms with E-state index in [2.05, 4.69) is 31.9 Å². The van der Waals surface area contributed by atoms with Crippen molar-refractivity contribution in [3.63, 3.8) is 0 Å². The molecule has 1 heterocycles. The average molecular weight is 476 g/mol. The fourth-order valence-corrected chi connectivity index (χ4v) is 3.51. The molecule has 3 N–H and O–H groups in total. The molecular weight excluding hydrogens is 454 g/mol. The van der Waals surface area contributed by atoms with Crippen LogP contribution in [0.25, 0.3) is 0 Å². The van der Waals surface area contributed by atoms with Crippen molar-refractivity contribution in [2.45, 2.75) is 13.0 Å². The fourth-order valence-electron chi connectivity index (χ4n) is 3.24. The van der Waals surface area contributed by atoms with Gasteiger partial charge in [-0.2, -0.15) is 0 Å². The highest BCUT2D eigenvalue weighted by molar-refractivity contribution is 9.10. The highest BCUT2D eigenvalue weighted by atomic mass is 79.9. The summed E-state index contributed by atoms with van der Waals surface area (Å²) in [6.45, 7) is 1.68. The van der Waals surface area contributed by atoms with Crippen molar-refractivity contribution in [1.29, 1.82) is 0 Å². The predicted octanol–water partition coefficient (Wildman–Crippen LogP) is 3.74. The lowest BCUT2D eigenvalue weighted by Crippen LogP contribution is -2.46. The molecule has 30 heavy (non-hydrogen) atoms. The third-order valence-electron chi connectivity index (χ3n) is 4.64. The van der Waals surface area contributed by atoms with Gasteiger partial charge in [-0.1, -0.05) is 15.9 Å². The van der Waals surface area contributed by atoms with Crippen LogP contribution in [-0.4, -0.2) is 33.3 Å². The van der Waals surface area contributed by atoms with Crippen LogP contribution in [0.2, 0.25) is 0 Å². The topological polar surface area (TPSA) is 97.9 Å². The van der Waals surface area contributed by atoms with Gasteiger partial charge in [-0.3, -0.25) is 4.79 Å². The molecule has 0 fully saturated rings. The van der Waals surface area contributed by atoms with Crippen molar-refractivity contribution in [2.75, 3.05) is 26.6 Å². The van der Waals surface area contributed by atoms with Crippen molar-refractivity contribution in [3.05, 3.63) is 57.7 Å². The number of allylic oxidation sites excluding steroid dienone is 1. The molecule has 3 rings (SSSR count). The Morgan fingerprint density at radius 2 is 1.63 bits per heavy atom. The number of urea groups is 1. The van der Waals surface area contributed by atoms with Crippen LogP contribution in [0.4, 0.5) is 10.5 Å². The molecule has 0 radical (unpaired) electrons. The highest BCUT2D eigenvalue weighted by Crippen LogP contribution is 2.41. The van der Waals surface area contributed by atoms with Gasteiger partial charge in [-0.25, -0.2) is 4.79 Å². The molecule has 0 aromatic heterocycles. The number of nitrogens with one attached hydrogen (secondary N) is 3. The zero-order chi connectivity index (χ0) is 21.8. The Bertz CT molecular complexity index is 979. The summed E-state index contributed by atoms with van der Waals surface area (Å²) in [4.78, 5) is 25.3. The first-order valence-electron chi connectivity index (χ1n) is 9.03. The van der Waals surface area contributed by atoms with Gasteiger partial charge in [0.25, 0.3) is 5.91 Å². The number of rotatable bonds is 6. The smallest absolute Gasteiger partial charge is 0.319 e. The second kappa shape index (κ2) is 9.08. The molecular formula is C21H22BrN3O5. The van der Waals surface area contributed by atoms with Gasteiger partial charge in [0, 0.05) is 15.9 Å². The highest BCUT2D eigenvalue weighted by Gasteiger charge is 2.32. The van der Waals surface area contributed by atoms with E-state index in [0.29, 0.717) is 39.8 Å². The Labute approximate surface area is 182 Å². The van der Waals surface area contributed by atoms with Gasteiger partial charge >= 0.3 is 6.03 Å². The number of halogens is 1. The molecule has 0 saturated carbocycles. The molecule has 1 aliphatic rings. The summed E-state index contributed by atoms with van der Waals surface area (Å²) in [6.07, 6.45) is 0. The number of ether oxygens (including phenoxy) is 3. The fraction of sp³-hybridized carbons (Fsp3) is 0.238. The van der Waals surface area contributed by atoms with Crippen LogP contribution in [0.3, 0.4) is 0 Å². The number of benzene rings is 2. The second-order valence-corrected chi connectivity index (χ2v) is 7.41. The lowest BCUT2D eigenvalue weighted by molar-refractivity contribution is -0.113. The SMILES string of the molecule is COc1cc([C@@H]2NC(=O)NC(C)=C2C(=O)Nc2ccc(Br)cc2)cc(OC)c1OC. The van der Waals surface area contributed by atoms with E-state index < -0.39 is 12.1 Å². The number of hydrogen-bond acceptors (Lipinski definition) is 5. The van der Waals surface area contributed by atoms with Gasteiger partial charge in [-0.05, 0) is 48.9 Å². The Balaban J connectivity index is 2.03.